The van der Waals surface area contributed by atoms with Crippen LogP contribution in [0.3, 0.4) is 0 Å². The second-order valence-electron chi connectivity index (χ2n) is 4.53. The maximum absolute atomic E-state index is 10.2. The summed E-state index contributed by atoms with van der Waals surface area (Å²) in [5.41, 5.74) is 2.79. The molecular formula is C15H14N2OS. The first-order valence-corrected chi connectivity index (χ1v) is 6.99. The van der Waals surface area contributed by atoms with E-state index in [-0.39, 0.29) is 0 Å². The minimum absolute atomic E-state index is 0.532. The fourth-order valence-electron chi connectivity index (χ4n) is 1.97. The number of rotatable bonds is 3. The van der Waals surface area contributed by atoms with E-state index in [0.717, 1.165) is 26.5 Å². The third-order valence-corrected chi connectivity index (χ3v) is 4.08. The number of para-hydroxylation sites is 1. The van der Waals surface area contributed by atoms with Gasteiger partial charge in [0.2, 0.25) is 0 Å². The lowest BCUT2D eigenvalue weighted by molar-refractivity contribution is 0.178. The summed E-state index contributed by atoms with van der Waals surface area (Å²) in [6.07, 6.45) is 1.71. The summed E-state index contributed by atoms with van der Waals surface area (Å²) >= 11 is 1.63. The van der Waals surface area contributed by atoms with Crippen molar-refractivity contribution in [3.63, 3.8) is 0 Å². The smallest absolute Gasteiger partial charge is 0.0967 e. The Hall–Kier alpha value is -1.78. The van der Waals surface area contributed by atoms with Crippen molar-refractivity contribution in [2.75, 3.05) is 0 Å². The largest absolute Gasteiger partial charge is 0.388 e. The van der Waals surface area contributed by atoms with Crippen molar-refractivity contribution < 1.29 is 5.11 Å². The summed E-state index contributed by atoms with van der Waals surface area (Å²) in [6, 6.07) is 11.9. The van der Waals surface area contributed by atoms with Gasteiger partial charge >= 0.3 is 0 Å². The average Bonchev–Trinajstić information content (AvgIpc) is 2.81. The van der Waals surface area contributed by atoms with E-state index in [9.17, 15) is 5.11 Å². The topological polar surface area (TPSA) is 46.0 Å². The average molecular weight is 270 g/mol. The van der Waals surface area contributed by atoms with Crippen LogP contribution in [0.5, 0.6) is 0 Å². The van der Waals surface area contributed by atoms with Crippen molar-refractivity contribution in [2.24, 2.45) is 0 Å². The van der Waals surface area contributed by atoms with Crippen molar-refractivity contribution >= 4 is 21.6 Å². The zero-order valence-corrected chi connectivity index (χ0v) is 11.4. The van der Waals surface area contributed by atoms with Crippen LogP contribution < -0.4 is 0 Å². The second-order valence-corrected chi connectivity index (χ2v) is 5.64. The Morgan fingerprint density at radius 1 is 1.21 bits per heavy atom. The molecule has 0 aliphatic heterocycles. The molecule has 4 heteroatoms. The van der Waals surface area contributed by atoms with Gasteiger partial charge in [0.15, 0.2) is 0 Å². The zero-order valence-electron chi connectivity index (χ0n) is 10.6. The summed E-state index contributed by atoms with van der Waals surface area (Å²) < 4.78 is 1.16. The number of fused-ring (bicyclic) bond motifs is 1. The summed E-state index contributed by atoms with van der Waals surface area (Å²) in [5.74, 6) is 0. The lowest BCUT2D eigenvalue weighted by atomic mass is 10.1. The van der Waals surface area contributed by atoms with Gasteiger partial charge in [0.1, 0.15) is 0 Å². The SMILES string of the molecule is Cc1ccc(C(O)Cc2nc3ccccc3s2)cn1. The van der Waals surface area contributed by atoms with Crippen molar-refractivity contribution in [1.82, 2.24) is 9.97 Å². The van der Waals surface area contributed by atoms with E-state index >= 15 is 0 Å². The molecule has 1 atom stereocenters. The summed E-state index contributed by atoms with van der Waals surface area (Å²) in [6.45, 7) is 1.93. The third kappa shape index (κ3) is 2.64. The molecule has 0 amide bonds. The molecule has 3 aromatic rings. The molecule has 0 aliphatic carbocycles. The third-order valence-electron chi connectivity index (χ3n) is 3.03. The first-order valence-electron chi connectivity index (χ1n) is 6.17. The van der Waals surface area contributed by atoms with Gasteiger partial charge in [0, 0.05) is 18.3 Å². The highest BCUT2D eigenvalue weighted by Gasteiger charge is 2.12. The first kappa shape index (κ1) is 12.3. The molecule has 3 nitrogen and oxygen atoms in total. The molecule has 0 saturated heterocycles. The van der Waals surface area contributed by atoms with Crippen LogP contribution in [0.1, 0.15) is 22.4 Å². The minimum atomic E-state index is -0.548. The number of aryl methyl sites for hydroxylation is 1. The molecule has 0 spiro atoms. The molecule has 2 aromatic heterocycles. The van der Waals surface area contributed by atoms with E-state index in [1.54, 1.807) is 17.5 Å². The number of aliphatic hydroxyl groups is 1. The van der Waals surface area contributed by atoms with Gasteiger partial charge in [-0.3, -0.25) is 4.98 Å². The van der Waals surface area contributed by atoms with Gasteiger partial charge in [-0.1, -0.05) is 18.2 Å². The number of hydrogen-bond acceptors (Lipinski definition) is 4. The zero-order chi connectivity index (χ0) is 13.2. The normalized spacial score (nSPS) is 12.7. The number of nitrogens with zero attached hydrogens (tertiary/aromatic N) is 2. The standard InChI is InChI=1S/C15H14N2OS/c1-10-6-7-11(9-16-10)13(18)8-15-17-12-4-2-3-5-14(12)19-15/h2-7,9,13,18H,8H2,1H3. The Bertz CT molecular complexity index is 658. The molecule has 2 heterocycles. The lowest BCUT2D eigenvalue weighted by Gasteiger charge is -2.08. The van der Waals surface area contributed by atoms with Crippen LogP contribution in [0.15, 0.2) is 42.6 Å². The van der Waals surface area contributed by atoms with Gasteiger partial charge in [-0.25, -0.2) is 4.98 Å². The molecular weight excluding hydrogens is 256 g/mol. The quantitative estimate of drug-likeness (QED) is 0.794. The van der Waals surface area contributed by atoms with E-state index < -0.39 is 6.10 Å². The monoisotopic (exact) mass is 270 g/mol. The van der Waals surface area contributed by atoms with Crippen LogP contribution in [0, 0.1) is 6.92 Å². The molecule has 0 fully saturated rings. The molecule has 0 saturated carbocycles. The molecule has 19 heavy (non-hydrogen) atoms. The number of aliphatic hydroxyl groups excluding tert-OH is 1. The van der Waals surface area contributed by atoms with Gasteiger partial charge < -0.3 is 5.11 Å². The number of hydrogen-bond donors (Lipinski definition) is 1. The van der Waals surface area contributed by atoms with Gasteiger partial charge in [-0.15, -0.1) is 11.3 Å². The van der Waals surface area contributed by atoms with Gasteiger partial charge in [0.05, 0.1) is 21.3 Å². The van der Waals surface area contributed by atoms with Crippen molar-refractivity contribution in [3.05, 3.63) is 58.9 Å². The Morgan fingerprint density at radius 3 is 2.79 bits per heavy atom. The fraction of sp³-hybridized carbons (Fsp3) is 0.200. The van der Waals surface area contributed by atoms with E-state index in [1.807, 2.05) is 37.3 Å². The summed E-state index contributed by atoms with van der Waals surface area (Å²) in [4.78, 5) is 8.74. The number of thiazole rings is 1. The lowest BCUT2D eigenvalue weighted by Crippen LogP contribution is -2.02. The van der Waals surface area contributed by atoms with Crippen LogP contribution in [0.25, 0.3) is 10.2 Å². The van der Waals surface area contributed by atoms with Gasteiger partial charge in [-0.2, -0.15) is 0 Å². The number of benzene rings is 1. The molecule has 1 aromatic carbocycles. The van der Waals surface area contributed by atoms with Gasteiger partial charge in [0.25, 0.3) is 0 Å². The highest BCUT2D eigenvalue weighted by atomic mass is 32.1. The Kier molecular flexibility index (Phi) is 3.27. The molecule has 0 radical (unpaired) electrons. The predicted molar refractivity (Wildman–Crippen MR) is 77.3 cm³/mol. The van der Waals surface area contributed by atoms with Crippen molar-refractivity contribution in [2.45, 2.75) is 19.4 Å². The first-order chi connectivity index (χ1) is 9.22. The Labute approximate surface area is 115 Å². The molecule has 3 rings (SSSR count). The van der Waals surface area contributed by atoms with E-state index in [2.05, 4.69) is 16.0 Å². The van der Waals surface area contributed by atoms with E-state index in [4.69, 9.17) is 0 Å². The molecule has 0 bridgehead atoms. The van der Waals surface area contributed by atoms with Crippen molar-refractivity contribution in [3.8, 4) is 0 Å². The van der Waals surface area contributed by atoms with E-state index in [1.165, 1.54) is 0 Å². The van der Waals surface area contributed by atoms with Crippen LogP contribution in [-0.4, -0.2) is 15.1 Å². The second kappa shape index (κ2) is 5.07. The Balaban J connectivity index is 1.82. The highest BCUT2D eigenvalue weighted by Crippen LogP contribution is 2.25. The predicted octanol–water partition coefficient (Wildman–Crippen LogP) is 3.28. The Morgan fingerprint density at radius 2 is 2.05 bits per heavy atom. The van der Waals surface area contributed by atoms with Crippen LogP contribution in [0.2, 0.25) is 0 Å². The fourth-order valence-corrected chi connectivity index (χ4v) is 2.97. The maximum Gasteiger partial charge on any atom is 0.0967 e. The number of aromatic nitrogens is 2. The molecule has 1 N–H and O–H groups in total. The summed E-state index contributed by atoms with van der Waals surface area (Å²) in [5, 5.41) is 11.2. The van der Waals surface area contributed by atoms with Crippen LogP contribution >= 0.6 is 11.3 Å². The number of pyridine rings is 1. The highest BCUT2D eigenvalue weighted by molar-refractivity contribution is 7.18. The van der Waals surface area contributed by atoms with Crippen molar-refractivity contribution in [1.29, 1.82) is 0 Å². The minimum Gasteiger partial charge on any atom is -0.388 e. The summed E-state index contributed by atoms with van der Waals surface area (Å²) in [7, 11) is 0. The molecule has 0 aliphatic rings. The van der Waals surface area contributed by atoms with Crippen LogP contribution in [-0.2, 0) is 6.42 Å². The molecule has 96 valence electrons. The van der Waals surface area contributed by atoms with Gasteiger partial charge in [-0.05, 0) is 30.7 Å². The van der Waals surface area contributed by atoms with Crippen LogP contribution in [0.4, 0.5) is 0 Å². The molecule has 1 unspecified atom stereocenters. The van der Waals surface area contributed by atoms with E-state index in [0.29, 0.717) is 6.42 Å². The maximum atomic E-state index is 10.2.